The molecule has 2 rings (SSSR count). The average molecular weight is 273 g/mol. The Bertz CT molecular complexity index is 523. The molecule has 0 amide bonds. The second-order valence-corrected chi connectivity index (χ2v) is 4.52. The summed E-state index contributed by atoms with van der Waals surface area (Å²) < 4.78 is 5.27. The van der Waals surface area contributed by atoms with Gasteiger partial charge in [-0.2, -0.15) is 0 Å². The predicted octanol–water partition coefficient (Wildman–Crippen LogP) is 1.94. The highest BCUT2D eigenvalue weighted by Gasteiger charge is 2.15. The largest absolute Gasteiger partial charge is 0.469 e. The topological polar surface area (TPSA) is 83.8 Å². The van der Waals surface area contributed by atoms with Gasteiger partial charge in [-0.05, 0) is 17.7 Å². The van der Waals surface area contributed by atoms with Crippen molar-refractivity contribution >= 4 is 5.84 Å². The van der Waals surface area contributed by atoms with E-state index in [0.29, 0.717) is 6.54 Å². The number of hydrogen-bond acceptors (Lipinski definition) is 4. The summed E-state index contributed by atoms with van der Waals surface area (Å²) >= 11 is 0. The molecule has 2 aromatic rings. The smallest absolute Gasteiger partial charge is 0.147 e. The normalized spacial score (nSPS) is 13.3. The van der Waals surface area contributed by atoms with E-state index in [1.165, 1.54) is 0 Å². The Labute approximate surface area is 118 Å². The van der Waals surface area contributed by atoms with Crippen LogP contribution < -0.4 is 11.1 Å². The van der Waals surface area contributed by atoms with E-state index in [0.717, 1.165) is 24.3 Å². The van der Waals surface area contributed by atoms with Gasteiger partial charge in [-0.1, -0.05) is 35.5 Å². The van der Waals surface area contributed by atoms with Gasteiger partial charge < -0.3 is 20.7 Å². The molecule has 4 N–H and O–H groups in total. The number of rotatable bonds is 7. The van der Waals surface area contributed by atoms with Gasteiger partial charge in [0.05, 0.1) is 12.2 Å². The molecule has 106 valence electrons. The first kappa shape index (κ1) is 14.1. The molecule has 0 bridgehead atoms. The van der Waals surface area contributed by atoms with Crippen molar-refractivity contribution in [2.24, 2.45) is 10.9 Å². The third-order valence-corrected chi connectivity index (χ3v) is 3.15. The van der Waals surface area contributed by atoms with Gasteiger partial charge in [0.25, 0.3) is 0 Å². The maximum absolute atomic E-state index is 8.89. The second kappa shape index (κ2) is 7.35. The molecule has 0 aliphatic carbocycles. The second-order valence-electron chi connectivity index (χ2n) is 4.52. The maximum Gasteiger partial charge on any atom is 0.147 e. The molecule has 0 saturated carbocycles. The summed E-state index contributed by atoms with van der Waals surface area (Å²) in [5, 5.41) is 15.3. The fraction of sp³-hybridized carbons (Fsp3) is 0.267. The van der Waals surface area contributed by atoms with E-state index < -0.39 is 0 Å². The van der Waals surface area contributed by atoms with Gasteiger partial charge in [0.1, 0.15) is 11.6 Å². The van der Waals surface area contributed by atoms with E-state index in [1.807, 2.05) is 42.5 Å². The minimum Gasteiger partial charge on any atom is -0.469 e. The van der Waals surface area contributed by atoms with Crippen molar-refractivity contribution in [2.75, 3.05) is 13.1 Å². The number of furan rings is 1. The van der Waals surface area contributed by atoms with Crippen LogP contribution in [0.2, 0.25) is 0 Å². The maximum atomic E-state index is 8.89. The SMILES string of the molecule is NC(=NO)C(CNCCc1ccco1)c1ccccc1. The standard InChI is InChI=1S/C15H19N3O2/c16-15(18-19)14(12-5-2-1-3-6-12)11-17-9-8-13-7-4-10-20-13/h1-7,10,14,17,19H,8-9,11H2,(H2,16,18). The number of hydrogen-bond donors (Lipinski definition) is 3. The third-order valence-electron chi connectivity index (χ3n) is 3.15. The molecule has 0 aliphatic heterocycles. The highest BCUT2D eigenvalue weighted by molar-refractivity contribution is 5.87. The van der Waals surface area contributed by atoms with E-state index >= 15 is 0 Å². The summed E-state index contributed by atoms with van der Waals surface area (Å²) in [4.78, 5) is 0. The van der Waals surface area contributed by atoms with Gasteiger partial charge in [-0.15, -0.1) is 0 Å². The zero-order valence-corrected chi connectivity index (χ0v) is 11.2. The predicted molar refractivity (Wildman–Crippen MR) is 77.9 cm³/mol. The van der Waals surface area contributed by atoms with Crippen LogP contribution in [-0.2, 0) is 6.42 Å². The lowest BCUT2D eigenvalue weighted by atomic mass is 9.98. The van der Waals surface area contributed by atoms with Crippen LogP contribution in [0.5, 0.6) is 0 Å². The molecule has 5 heteroatoms. The molecule has 0 spiro atoms. The Hall–Kier alpha value is -2.27. The fourth-order valence-electron chi connectivity index (χ4n) is 2.06. The Morgan fingerprint density at radius 3 is 2.70 bits per heavy atom. The van der Waals surface area contributed by atoms with Gasteiger partial charge in [0.2, 0.25) is 0 Å². The lowest BCUT2D eigenvalue weighted by Gasteiger charge is -2.16. The first-order valence-corrected chi connectivity index (χ1v) is 6.56. The summed E-state index contributed by atoms with van der Waals surface area (Å²) in [5.74, 6) is 1.01. The van der Waals surface area contributed by atoms with Crippen LogP contribution in [0.3, 0.4) is 0 Å². The molecule has 1 unspecified atom stereocenters. The first-order valence-electron chi connectivity index (χ1n) is 6.56. The Kier molecular flexibility index (Phi) is 5.20. The van der Waals surface area contributed by atoms with Crippen LogP contribution in [0.4, 0.5) is 0 Å². The van der Waals surface area contributed by atoms with E-state index in [4.69, 9.17) is 15.4 Å². The van der Waals surface area contributed by atoms with Crippen molar-refractivity contribution < 1.29 is 9.62 Å². The van der Waals surface area contributed by atoms with E-state index in [9.17, 15) is 0 Å². The van der Waals surface area contributed by atoms with Crippen molar-refractivity contribution in [1.29, 1.82) is 0 Å². The molecule has 0 aliphatic rings. The molecule has 1 atom stereocenters. The van der Waals surface area contributed by atoms with Crippen LogP contribution >= 0.6 is 0 Å². The Balaban J connectivity index is 1.89. The van der Waals surface area contributed by atoms with Crippen LogP contribution in [0.25, 0.3) is 0 Å². The number of oxime groups is 1. The van der Waals surface area contributed by atoms with Crippen molar-refractivity contribution in [3.63, 3.8) is 0 Å². The van der Waals surface area contributed by atoms with Crippen molar-refractivity contribution in [3.05, 3.63) is 60.1 Å². The first-order chi connectivity index (χ1) is 9.81. The molecule has 1 aromatic carbocycles. The number of nitrogens with one attached hydrogen (secondary N) is 1. The van der Waals surface area contributed by atoms with Gasteiger partial charge in [-0.25, -0.2) is 0 Å². The molecule has 1 heterocycles. The Morgan fingerprint density at radius 2 is 2.05 bits per heavy atom. The third kappa shape index (κ3) is 3.86. The number of nitrogens with zero attached hydrogens (tertiary/aromatic N) is 1. The monoisotopic (exact) mass is 273 g/mol. The summed E-state index contributed by atoms with van der Waals surface area (Å²) in [6.45, 7) is 1.39. The van der Waals surface area contributed by atoms with Gasteiger partial charge >= 0.3 is 0 Å². The van der Waals surface area contributed by atoms with Crippen LogP contribution in [0.1, 0.15) is 17.2 Å². The Morgan fingerprint density at radius 1 is 1.25 bits per heavy atom. The molecule has 20 heavy (non-hydrogen) atoms. The van der Waals surface area contributed by atoms with Gasteiger partial charge in [-0.3, -0.25) is 0 Å². The van der Waals surface area contributed by atoms with E-state index in [2.05, 4.69) is 10.5 Å². The molecule has 5 nitrogen and oxygen atoms in total. The molecule has 0 saturated heterocycles. The van der Waals surface area contributed by atoms with Crippen LogP contribution in [0.15, 0.2) is 58.3 Å². The quantitative estimate of drug-likeness (QED) is 0.237. The number of amidine groups is 1. The molecule has 1 aromatic heterocycles. The molecule has 0 fully saturated rings. The molecular weight excluding hydrogens is 254 g/mol. The minimum absolute atomic E-state index is 0.141. The minimum atomic E-state index is -0.141. The fourth-order valence-corrected chi connectivity index (χ4v) is 2.06. The lowest BCUT2D eigenvalue weighted by Crippen LogP contribution is -2.32. The summed E-state index contributed by atoms with van der Waals surface area (Å²) in [6.07, 6.45) is 2.48. The summed E-state index contributed by atoms with van der Waals surface area (Å²) in [6, 6.07) is 13.6. The van der Waals surface area contributed by atoms with E-state index in [1.54, 1.807) is 6.26 Å². The van der Waals surface area contributed by atoms with Crippen molar-refractivity contribution in [2.45, 2.75) is 12.3 Å². The van der Waals surface area contributed by atoms with Crippen molar-refractivity contribution in [3.8, 4) is 0 Å². The van der Waals surface area contributed by atoms with Crippen LogP contribution in [-0.4, -0.2) is 24.1 Å². The lowest BCUT2D eigenvalue weighted by molar-refractivity contribution is 0.315. The summed E-state index contributed by atoms with van der Waals surface area (Å²) in [5.41, 5.74) is 6.79. The van der Waals surface area contributed by atoms with Crippen LogP contribution in [0, 0.1) is 0 Å². The average Bonchev–Trinajstić information content (AvgIpc) is 3.01. The van der Waals surface area contributed by atoms with Gasteiger partial charge in [0, 0.05) is 19.5 Å². The summed E-state index contributed by atoms with van der Waals surface area (Å²) in [7, 11) is 0. The van der Waals surface area contributed by atoms with E-state index in [-0.39, 0.29) is 11.8 Å². The highest BCUT2D eigenvalue weighted by Crippen LogP contribution is 2.14. The molecular formula is C15H19N3O2. The zero-order chi connectivity index (χ0) is 14.2. The highest BCUT2D eigenvalue weighted by atomic mass is 16.4. The van der Waals surface area contributed by atoms with Gasteiger partial charge in [0.15, 0.2) is 0 Å². The molecule has 0 radical (unpaired) electrons. The number of benzene rings is 1. The van der Waals surface area contributed by atoms with Crippen molar-refractivity contribution in [1.82, 2.24) is 5.32 Å². The zero-order valence-electron chi connectivity index (χ0n) is 11.2. The number of nitrogens with two attached hydrogens (primary N) is 1.